The third-order valence-corrected chi connectivity index (χ3v) is 2.18. The van der Waals surface area contributed by atoms with Crippen molar-refractivity contribution in [3.8, 4) is 5.75 Å². The summed E-state index contributed by atoms with van der Waals surface area (Å²) in [5.74, 6) is -2.32. The molecule has 0 saturated carbocycles. The van der Waals surface area contributed by atoms with Gasteiger partial charge in [0.05, 0.1) is 12.1 Å². The van der Waals surface area contributed by atoms with Gasteiger partial charge in [-0.05, 0) is 6.07 Å². The molecule has 0 aromatic heterocycles. The van der Waals surface area contributed by atoms with E-state index >= 15 is 0 Å². The Morgan fingerprint density at radius 1 is 1.67 bits per heavy atom. The third-order valence-electron chi connectivity index (χ3n) is 1.89. The van der Waals surface area contributed by atoms with Crippen LogP contribution in [0.3, 0.4) is 0 Å². The Hall–Kier alpha value is -1.33. The smallest absolute Gasteiger partial charge is 0.325 e. The maximum Gasteiger partial charge on any atom is 0.325 e. The van der Waals surface area contributed by atoms with E-state index in [-0.39, 0.29) is 16.3 Å². The lowest BCUT2D eigenvalue weighted by Gasteiger charge is -2.13. The van der Waals surface area contributed by atoms with Crippen molar-refractivity contribution in [2.45, 2.75) is 6.04 Å². The Bertz CT molecular complexity index is 397. The number of nitrogens with two attached hydrogens (primary N) is 1. The zero-order valence-electron chi connectivity index (χ0n) is 7.83. The first-order valence-corrected chi connectivity index (χ1v) is 4.37. The predicted octanol–water partition coefficient (Wildman–Crippen LogP) is 1.57. The molecule has 0 aliphatic heterocycles. The van der Waals surface area contributed by atoms with Crippen LogP contribution in [0, 0.1) is 5.82 Å². The van der Waals surface area contributed by atoms with E-state index in [0.29, 0.717) is 0 Å². The zero-order valence-corrected chi connectivity index (χ0v) is 8.58. The topological polar surface area (TPSA) is 72.5 Å². The highest BCUT2D eigenvalue weighted by Crippen LogP contribution is 2.31. The van der Waals surface area contributed by atoms with Crippen LogP contribution in [0.15, 0.2) is 12.1 Å². The van der Waals surface area contributed by atoms with Gasteiger partial charge in [0.25, 0.3) is 0 Å². The molecule has 0 aliphatic carbocycles. The minimum atomic E-state index is -1.34. The summed E-state index contributed by atoms with van der Waals surface area (Å²) in [5, 5.41) is 8.53. The Morgan fingerprint density at radius 2 is 2.27 bits per heavy atom. The molecule has 1 unspecified atom stereocenters. The number of ether oxygens (including phenoxy) is 1. The Kier molecular flexibility index (Phi) is 3.49. The number of hydrogen-bond acceptors (Lipinski definition) is 3. The molecule has 1 aromatic carbocycles. The molecular formula is C9H9ClFNO3. The van der Waals surface area contributed by atoms with Crippen LogP contribution >= 0.6 is 11.6 Å². The van der Waals surface area contributed by atoms with Gasteiger partial charge in [-0.15, -0.1) is 0 Å². The van der Waals surface area contributed by atoms with Gasteiger partial charge in [-0.2, -0.15) is 0 Å². The van der Waals surface area contributed by atoms with Gasteiger partial charge in [0.2, 0.25) is 0 Å². The van der Waals surface area contributed by atoms with Gasteiger partial charge >= 0.3 is 5.97 Å². The molecule has 0 spiro atoms. The molecule has 3 N–H and O–H groups in total. The summed E-state index contributed by atoms with van der Waals surface area (Å²) in [6, 6.07) is 1.22. The van der Waals surface area contributed by atoms with Crippen LogP contribution in [-0.2, 0) is 4.79 Å². The van der Waals surface area contributed by atoms with Gasteiger partial charge in [-0.1, -0.05) is 17.7 Å². The normalized spacial score (nSPS) is 12.3. The summed E-state index contributed by atoms with van der Waals surface area (Å²) in [7, 11) is 1.22. The van der Waals surface area contributed by atoms with Crippen molar-refractivity contribution in [1.82, 2.24) is 0 Å². The highest BCUT2D eigenvalue weighted by Gasteiger charge is 2.22. The fourth-order valence-corrected chi connectivity index (χ4v) is 1.28. The van der Waals surface area contributed by atoms with Gasteiger partial charge in [0.15, 0.2) is 11.6 Å². The second-order valence-electron chi connectivity index (χ2n) is 2.80. The molecule has 15 heavy (non-hydrogen) atoms. The Labute approximate surface area is 90.4 Å². The van der Waals surface area contributed by atoms with E-state index in [1.54, 1.807) is 0 Å². The van der Waals surface area contributed by atoms with Crippen LogP contribution in [0.5, 0.6) is 5.75 Å². The van der Waals surface area contributed by atoms with E-state index < -0.39 is 17.8 Å². The fourth-order valence-electron chi connectivity index (χ4n) is 1.13. The second-order valence-corrected chi connectivity index (χ2v) is 3.21. The minimum absolute atomic E-state index is 0.0481. The van der Waals surface area contributed by atoms with Gasteiger partial charge in [0.1, 0.15) is 6.04 Å². The van der Waals surface area contributed by atoms with Gasteiger partial charge in [0, 0.05) is 5.56 Å². The average molecular weight is 234 g/mol. The number of benzene rings is 1. The quantitative estimate of drug-likeness (QED) is 0.831. The van der Waals surface area contributed by atoms with Crippen LogP contribution < -0.4 is 10.5 Å². The van der Waals surface area contributed by atoms with Crippen molar-refractivity contribution in [2.75, 3.05) is 7.11 Å². The van der Waals surface area contributed by atoms with E-state index in [2.05, 4.69) is 0 Å². The van der Waals surface area contributed by atoms with Crippen LogP contribution in [0.2, 0.25) is 5.02 Å². The molecule has 0 saturated heterocycles. The van der Waals surface area contributed by atoms with Crippen molar-refractivity contribution in [3.63, 3.8) is 0 Å². The molecule has 0 fully saturated rings. The molecule has 4 nitrogen and oxygen atoms in total. The number of halogens is 2. The predicted molar refractivity (Wildman–Crippen MR) is 52.5 cm³/mol. The second kappa shape index (κ2) is 4.46. The molecule has 1 rings (SSSR count). The van der Waals surface area contributed by atoms with Gasteiger partial charge < -0.3 is 15.6 Å². The SMILES string of the molecule is COc1c(C(N)C(=O)O)ccc(Cl)c1F. The summed E-state index contributed by atoms with van der Waals surface area (Å²) in [6.07, 6.45) is 0. The van der Waals surface area contributed by atoms with Crippen LogP contribution in [0.25, 0.3) is 0 Å². The molecule has 0 amide bonds. The number of hydrogen-bond donors (Lipinski definition) is 2. The Morgan fingerprint density at radius 3 is 2.73 bits per heavy atom. The van der Waals surface area contributed by atoms with E-state index in [4.69, 9.17) is 27.2 Å². The number of methoxy groups -OCH3 is 1. The summed E-state index contributed by atoms with van der Waals surface area (Å²) in [5.41, 5.74) is 5.39. The number of aliphatic carboxylic acids is 1. The van der Waals surface area contributed by atoms with Crippen LogP contribution in [0.1, 0.15) is 11.6 Å². The summed E-state index contributed by atoms with van der Waals surface area (Å²) in [4.78, 5) is 10.6. The lowest BCUT2D eigenvalue weighted by molar-refractivity contribution is -0.138. The third kappa shape index (κ3) is 2.19. The molecule has 0 radical (unpaired) electrons. The number of carboxylic acids is 1. The van der Waals surface area contributed by atoms with E-state index in [1.807, 2.05) is 0 Å². The maximum atomic E-state index is 13.4. The van der Waals surface area contributed by atoms with Gasteiger partial charge in [-0.25, -0.2) is 4.39 Å². The summed E-state index contributed by atoms with van der Waals surface area (Å²) in [6.45, 7) is 0. The standard InChI is InChI=1S/C9H9ClFNO3/c1-15-8-4(7(12)9(13)14)2-3-5(10)6(8)11/h2-3,7H,12H2,1H3,(H,13,14). The first-order chi connectivity index (χ1) is 6.99. The van der Waals surface area contributed by atoms with Crippen molar-refractivity contribution >= 4 is 17.6 Å². The summed E-state index contributed by atoms with van der Waals surface area (Å²) < 4.78 is 18.1. The van der Waals surface area contributed by atoms with Crippen molar-refractivity contribution in [1.29, 1.82) is 0 Å². The Balaban J connectivity index is 3.30. The van der Waals surface area contributed by atoms with Crippen molar-refractivity contribution in [3.05, 3.63) is 28.5 Å². The molecule has 0 heterocycles. The fraction of sp³-hybridized carbons (Fsp3) is 0.222. The first kappa shape index (κ1) is 11.7. The first-order valence-electron chi connectivity index (χ1n) is 3.99. The van der Waals surface area contributed by atoms with E-state index in [9.17, 15) is 9.18 Å². The van der Waals surface area contributed by atoms with Crippen LogP contribution in [0.4, 0.5) is 4.39 Å². The number of carboxylic acid groups (broad SMARTS) is 1. The monoisotopic (exact) mass is 233 g/mol. The molecule has 1 aromatic rings. The minimum Gasteiger partial charge on any atom is -0.493 e. The molecule has 82 valence electrons. The largest absolute Gasteiger partial charge is 0.493 e. The van der Waals surface area contributed by atoms with Crippen molar-refractivity contribution < 1.29 is 19.0 Å². The van der Waals surface area contributed by atoms with Crippen LogP contribution in [-0.4, -0.2) is 18.2 Å². The molecule has 0 bridgehead atoms. The molecule has 0 aliphatic rings. The lowest BCUT2D eigenvalue weighted by Crippen LogP contribution is -2.21. The number of carbonyl (C=O) groups is 1. The highest BCUT2D eigenvalue weighted by molar-refractivity contribution is 6.30. The molecule has 1 atom stereocenters. The lowest BCUT2D eigenvalue weighted by atomic mass is 10.1. The number of rotatable bonds is 3. The highest BCUT2D eigenvalue weighted by atomic mass is 35.5. The maximum absolute atomic E-state index is 13.4. The van der Waals surface area contributed by atoms with E-state index in [1.165, 1.54) is 19.2 Å². The van der Waals surface area contributed by atoms with Crippen molar-refractivity contribution in [2.24, 2.45) is 5.73 Å². The molecule has 6 heteroatoms. The van der Waals surface area contributed by atoms with E-state index in [0.717, 1.165) is 0 Å². The van der Waals surface area contributed by atoms with Gasteiger partial charge in [-0.3, -0.25) is 4.79 Å². The average Bonchev–Trinajstić information content (AvgIpc) is 2.20. The zero-order chi connectivity index (χ0) is 11.6. The molecular weight excluding hydrogens is 225 g/mol. The summed E-state index contributed by atoms with van der Waals surface area (Å²) >= 11 is 5.51.